The average Bonchev–Trinajstić information content (AvgIpc) is 3.15. The fourth-order valence-corrected chi connectivity index (χ4v) is 5.36. The van der Waals surface area contributed by atoms with E-state index in [1.807, 2.05) is 12.1 Å². The lowest BCUT2D eigenvalue weighted by molar-refractivity contribution is 0.188. The van der Waals surface area contributed by atoms with Crippen molar-refractivity contribution >= 4 is 21.2 Å². The Balaban J connectivity index is 1.57. The topological polar surface area (TPSA) is 66.4 Å². The van der Waals surface area contributed by atoms with Gasteiger partial charge in [0.15, 0.2) is 9.84 Å². The summed E-state index contributed by atoms with van der Waals surface area (Å²) in [6.07, 6.45) is 1.11. The van der Waals surface area contributed by atoms with Gasteiger partial charge in [-0.15, -0.1) is 11.3 Å². The number of thiophene rings is 1. The van der Waals surface area contributed by atoms with Gasteiger partial charge in [-0.2, -0.15) is 0 Å². The largest absolute Gasteiger partial charge is 0.391 e. The molecular formula is C16H19NO3S2. The average molecular weight is 337 g/mol. The van der Waals surface area contributed by atoms with E-state index in [0.717, 1.165) is 12.8 Å². The smallest absolute Gasteiger partial charge is 0.190 e. The van der Waals surface area contributed by atoms with Gasteiger partial charge in [0, 0.05) is 12.6 Å². The van der Waals surface area contributed by atoms with Crippen molar-refractivity contribution in [1.29, 1.82) is 0 Å². The Morgan fingerprint density at radius 3 is 2.86 bits per heavy atom. The van der Waals surface area contributed by atoms with Crippen LogP contribution in [-0.2, 0) is 16.3 Å². The molecule has 1 aromatic carbocycles. The highest BCUT2D eigenvalue weighted by atomic mass is 32.2. The van der Waals surface area contributed by atoms with Crippen molar-refractivity contribution in [2.45, 2.75) is 29.2 Å². The Bertz CT molecular complexity index is 726. The summed E-state index contributed by atoms with van der Waals surface area (Å²) in [6.45, 7) is 0.281. The van der Waals surface area contributed by atoms with Crippen LogP contribution in [0.25, 0.3) is 0 Å². The Morgan fingerprint density at radius 1 is 1.27 bits per heavy atom. The van der Waals surface area contributed by atoms with Crippen LogP contribution >= 0.6 is 11.3 Å². The van der Waals surface area contributed by atoms with Crippen molar-refractivity contribution in [2.24, 2.45) is 0 Å². The maximum atomic E-state index is 12.1. The summed E-state index contributed by atoms with van der Waals surface area (Å²) in [5.74, 6) is -0.241. The molecular weight excluding hydrogens is 318 g/mol. The molecule has 2 aromatic rings. The van der Waals surface area contributed by atoms with Gasteiger partial charge in [0.25, 0.3) is 0 Å². The monoisotopic (exact) mass is 337 g/mol. The molecule has 0 bridgehead atoms. The van der Waals surface area contributed by atoms with E-state index in [1.54, 1.807) is 17.5 Å². The first-order valence-corrected chi connectivity index (χ1v) is 9.85. The number of aryl methyl sites for hydroxylation is 1. The van der Waals surface area contributed by atoms with E-state index in [2.05, 4.69) is 17.4 Å². The lowest BCUT2D eigenvalue weighted by atomic mass is 10.1. The Labute approximate surface area is 134 Å². The zero-order valence-corrected chi connectivity index (χ0v) is 13.7. The summed E-state index contributed by atoms with van der Waals surface area (Å²) in [5, 5.41) is 15.1. The van der Waals surface area contributed by atoms with Gasteiger partial charge in [-0.25, -0.2) is 8.42 Å². The first kappa shape index (κ1) is 15.7. The maximum absolute atomic E-state index is 12.1. The molecule has 4 nitrogen and oxygen atoms in total. The van der Waals surface area contributed by atoms with E-state index < -0.39 is 15.9 Å². The van der Waals surface area contributed by atoms with Crippen molar-refractivity contribution in [2.75, 3.05) is 12.3 Å². The Kier molecular flexibility index (Phi) is 4.63. The molecule has 0 fully saturated rings. The van der Waals surface area contributed by atoms with E-state index >= 15 is 0 Å². The number of rotatable bonds is 6. The summed E-state index contributed by atoms with van der Waals surface area (Å²) in [7, 11) is -3.39. The SMILES string of the molecule is O=S(=O)(CC(O)CNC1CCc2ccccc21)c1cccs1. The molecule has 0 amide bonds. The van der Waals surface area contributed by atoms with E-state index in [1.165, 1.54) is 22.5 Å². The third kappa shape index (κ3) is 3.41. The summed E-state index contributed by atoms with van der Waals surface area (Å²) in [5.41, 5.74) is 2.59. The van der Waals surface area contributed by atoms with Crippen LogP contribution in [0.2, 0.25) is 0 Å². The van der Waals surface area contributed by atoms with Crippen LogP contribution in [0, 0.1) is 0 Å². The van der Waals surface area contributed by atoms with Crippen LogP contribution in [0.1, 0.15) is 23.6 Å². The molecule has 1 heterocycles. The minimum atomic E-state index is -3.39. The molecule has 0 aliphatic heterocycles. The highest BCUT2D eigenvalue weighted by Gasteiger charge is 2.24. The molecule has 2 unspecified atom stereocenters. The number of sulfone groups is 1. The fraction of sp³-hybridized carbons (Fsp3) is 0.375. The molecule has 2 atom stereocenters. The highest BCUT2D eigenvalue weighted by molar-refractivity contribution is 7.93. The standard InChI is InChI=1S/C16H19NO3S2/c18-13(11-22(19,20)16-6-3-9-21-16)10-17-15-8-7-12-4-1-2-5-14(12)15/h1-6,9,13,15,17-18H,7-8,10-11H2. The van der Waals surface area contributed by atoms with Crippen molar-refractivity contribution in [3.05, 3.63) is 52.9 Å². The number of nitrogens with one attached hydrogen (secondary N) is 1. The molecule has 22 heavy (non-hydrogen) atoms. The third-order valence-corrected chi connectivity index (χ3v) is 7.23. The second-order valence-corrected chi connectivity index (χ2v) is 8.77. The van der Waals surface area contributed by atoms with E-state index in [9.17, 15) is 13.5 Å². The predicted octanol–water partition coefficient (Wildman–Crippen LogP) is 2.16. The van der Waals surface area contributed by atoms with Crippen molar-refractivity contribution in [3.63, 3.8) is 0 Å². The van der Waals surface area contributed by atoms with Crippen LogP contribution in [0.15, 0.2) is 46.0 Å². The van der Waals surface area contributed by atoms with Crippen LogP contribution in [0.5, 0.6) is 0 Å². The highest BCUT2D eigenvalue weighted by Crippen LogP contribution is 2.30. The van der Waals surface area contributed by atoms with Gasteiger partial charge in [-0.1, -0.05) is 30.3 Å². The number of aliphatic hydroxyl groups is 1. The van der Waals surface area contributed by atoms with Gasteiger partial charge in [0.1, 0.15) is 4.21 Å². The molecule has 1 aliphatic rings. The number of hydrogen-bond donors (Lipinski definition) is 2. The van der Waals surface area contributed by atoms with E-state index in [-0.39, 0.29) is 18.3 Å². The van der Waals surface area contributed by atoms with Crippen LogP contribution in [0.4, 0.5) is 0 Å². The Hall–Kier alpha value is -1.21. The first-order valence-electron chi connectivity index (χ1n) is 7.32. The van der Waals surface area contributed by atoms with E-state index in [4.69, 9.17) is 0 Å². The van der Waals surface area contributed by atoms with Crippen LogP contribution in [-0.4, -0.2) is 31.9 Å². The number of hydrogen-bond acceptors (Lipinski definition) is 5. The molecule has 118 valence electrons. The minimum Gasteiger partial charge on any atom is -0.391 e. The van der Waals surface area contributed by atoms with Crippen molar-refractivity contribution < 1.29 is 13.5 Å². The Morgan fingerprint density at radius 2 is 2.09 bits per heavy atom. The lowest BCUT2D eigenvalue weighted by Crippen LogP contribution is -2.34. The lowest BCUT2D eigenvalue weighted by Gasteiger charge is -2.17. The van der Waals surface area contributed by atoms with E-state index in [0.29, 0.717) is 4.21 Å². The zero-order chi connectivity index (χ0) is 15.6. The number of aliphatic hydroxyl groups excluding tert-OH is 1. The molecule has 0 saturated carbocycles. The van der Waals surface area contributed by atoms with Crippen molar-refractivity contribution in [3.8, 4) is 0 Å². The zero-order valence-electron chi connectivity index (χ0n) is 12.1. The summed E-state index contributed by atoms with van der Waals surface area (Å²) >= 11 is 1.19. The molecule has 0 saturated heterocycles. The number of fused-ring (bicyclic) bond motifs is 1. The third-order valence-electron chi connectivity index (χ3n) is 3.95. The second-order valence-electron chi connectivity index (χ2n) is 5.57. The molecule has 1 aromatic heterocycles. The van der Waals surface area contributed by atoms with Gasteiger partial charge < -0.3 is 10.4 Å². The second kappa shape index (κ2) is 6.50. The van der Waals surface area contributed by atoms with Gasteiger partial charge in [0.2, 0.25) is 0 Å². The number of benzene rings is 1. The fourth-order valence-electron chi connectivity index (χ4n) is 2.88. The van der Waals surface area contributed by atoms with Gasteiger partial charge >= 0.3 is 0 Å². The maximum Gasteiger partial charge on any atom is 0.190 e. The van der Waals surface area contributed by atoms with Gasteiger partial charge in [0.05, 0.1) is 11.9 Å². The quantitative estimate of drug-likeness (QED) is 0.848. The summed E-state index contributed by atoms with van der Waals surface area (Å²) in [6, 6.07) is 11.7. The predicted molar refractivity (Wildman–Crippen MR) is 87.9 cm³/mol. The van der Waals surface area contributed by atoms with Gasteiger partial charge in [-0.3, -0.25) is 0 Å². The molecule has 6 heteroatoms. The van der Waals surface area contributed by atoms with Crippen LogP contribution in [0.3, 0.4) is 0 Å². The summed E-state index contributed by atoms with van der Waals surface area (Å²) < 4.78 is 24.6. The van der Waals surface area contributed by atoms with Gasteiger partial charge in [-0.05, 0) is 35.4 Å². The van der Waals surface area contributed by atoms with Crippen LogP contribution < -0.4 is 5.32 Å². The minimum absolute atomic E-state index is 0.204. The van der Waals surface area contributed by atoms with Crippen molar-refractivity contribution in [1.82, 2.24) is 5.32 Å². The molecule has 2 N–H and O–H groups in total. The molecule has 3 rings (SSSR count). The normalized spacial score (nSPS) is 19.0. The molecule has 1 aliphatic carbocycles. The molecule has 0 radical (unpaired) electrons. The summed E-state index contributed by atoms with van der Waals surface area (Å²) in [4.78, 5) is 0. The first-order chi connectivity index (χ1) is 10.6. The molecule has 0 spiro atoms.